The third-order valence-electron chi connectivity index (χ3n) is 7.75. The summed E-state index contributed by atoms with van der Waals surface area (Å²) in [4.78, 5) is 0. The Morgan fingerprint density at radius 2 is 0.962 bits per heavy atom. The van der Waals surface area contributed by atoms with E-state index in [0.29, 0.717) is 0 Å². The van der Waals surface area contributed by atoms with E-state index in [4.69, 9.17) is 0 Å². The van der Waals surface area contributed by atoms with Gasteiger partial charge in [0, 0.05) is 8.07 Å². The van der Waals surface area contributed by atoms with E-state index in [2.05, 4.69) is 81.4 Å². The van der Waals surface area contributed by atoms with E-state index in [0.717, 1.165) is 0 Å². The molecule has 0 fully saturated rings. The normalized spacial score (nSPS) is 28.2. The van der Waals surface area contributed by atoms with E-state index < -0.39 is 8.07 Å². The van der Waals surface area contributed by atoms with Gasteiger partial charge >= 0.3 is 25.8 Å². The molecule has 0 bridgehead atoms. The molecule has 0 aromatic heterocycles. The fraction of sp³-hybridized carbons (Fsp3) is 0.636. The van der Waals surface area contributed by atoms with E-state index >= 15 is 0 Å². The maximum atomic E-state index is 3.96. The van der Waals surface area contributed by atoms with Crippen molar-refractivity contribution < 1.29 is 50.7 Å². The van der Waals surface area contributed by atoms with Crippen LogP contribution in [0, 0.1) is 12.2 Å². The van der Waals surface area contributed by atoms with Crippen LogP contribution in [0.1, 0.15) is 69.2 Å². The average Bonchev–Trinajstić information content (AvgIpc) is 2.82. The minimum absolute atomic E-state index is 0. The molecule has 0 N–H and O–H groups in total. The van der Waals surface area contributed by atoms with Crippen molar-refractivity contribution in [1.29, 1.82) is 0 Å². The molecule has 0 amide bonds. The molecule has 0 heterocycles. The van der Waals surface area contributed by atoms with Crippen molar-refractivity contribution in [1.82, 2.24) is 0 Å². The largest absolute Gasteiger partial charge is 4.00 e. The van der Waals surface area contributed by atoms with Gasteiger partial charge in [-0.1, -0.05) is 77.6 Å². The second-order valence-electron chi connectivity index (χ2n) is 8.04. The number of hydrogen-bond acceptors (Lipinski definition) is 0. The van der Waals surface area contributed by atoms with Crippen molar-refractivity contribution in [3.05, 3.63) is 45.6 Å². The Bertz CT molecular complexity index is 614. The van der Waals surface area contributed by atoms with Crippen molar-refractivity contribution in [2.24, 2.45) is 0 Å². The molecule has 2 aliphatic carbocycles. The van der Waals surface area contributed by atoms with Gasteiger partial charge in [0.2, 0.25) is 0 Å². The summed E-state index contributed by atoms with van der Waals surface area (Å²) in [5.41, 5.74) is 8.78. The van der Waals surface area contributed by atoms with E-state index in [9.17, 15) is 0 Å². The van der Waals surface area contributed by atoms with E-state index in [-0.39, 0.29) is 60.7 Å². The smallest absolute Gasteiger partial charge is 1.00 e. The second kappa shape index (κ2) is 9.42. The Morgan fingerprint density at radius 3 is 1.12 bits per heavy atom. The number of hydrogen-bond donors (Lipinski definition) is 0. The molecule has 0 aromatic rings. The molecule has 26 heavy (non-hydrogen) atoms. The van der Waals surface area contributed by atoms with Gasteiger partial charge in [-0.05, 0) is 0 Å². The number of rotatable bonds is 4. The standard InChI is InChI=1S/C22H34Si.2ClH.Hf/c1-11-23(12-2,21(9)13-15(3)17(5)19(21)7)22(10)14-16(4)18(6)20(22)8;;;/h11-12H2,1-10H3;2*1H;/q-2;;;+4/p-2. The van der Waals surface area contributed by atoms with Gasteiger partial charge in [-0.3, -0.25) is 12.2 Å². The van der Waals surface area contributed by atoms with Gasteiger partial charge < -0.3 is 24.8 Å². The minimum Gasteiger partial charge on any atom is -1.00 e. The predicted molar refractivity (Wildman–Crippen MR) is 105 cm³/mol. The molecular weight excluding hydrogens is 542 g/mol. The zero-order valence-electron chi connectivity index (χ0n) is 18.2. The molecule has 144 valence electrons. The SMILES string of the molecule is CC[Si](CC)(C1(C)[C-]=C(C)C(C)=C1C)C1(C)[C-]=C(C)C(C)=C1C.[Cl-].[Cl-].[Hf+4]. The van der Waals surface area contributed by atoms with Gasteiger partial charge in [0.1, 0.15) is 0 Å². The van der Waals surface area contributed by atoms with Crippen LogP contribution in [0.3, 0.4) is 0 Å². The molecule has 4 heteroatoms. The van der Waals surface area contributed by atoms with Crippen molar-refractivity contribution in [2.45, 2.75) is 91.4 Å². The molecule has 0 saturated heterocycles. The van der Waals surface area contributed by atoms with Crippen LogP contribution in [0.4, 0.5) is 0 Å². The van der Waals surface area contributed by atoms with Crippen LogP contribution in [0.25, 0.3) is 0 Å². The average molecular weight is 576 g/mol. The summed E-state index contributed by atoms with van der Waals surface area (Å²) in [6.45, 7) is 23.5. The fourth-order valence-electron chi connectivity index (χ4n) is 5.56. The van der Waals surface area contributed by atoms with E-state index in [1.165, 1.54) is 34.4 Å². The van der Waals surface area contributed by atoms with Gasteiger partial charge in [-0.2, -0.15) is 22.3 Å². The van der Waals surface area contributed by atoms with Crippen LogP contribution in [0.2, 0.25) is 22.2 Å². The molecule has 0 spiro atoms. The van der Waals surface area contributed by atoms with Crippen molar-refractivity contribution in [2.75, 3.05) is 0 Å². The summed E-state index contributed by atoms with van der Waals surface area (Å²) in [7, 11) is -1.80. The molecular formula is C22H34Cl2HfSi. The van der Waals surface area contributed by atoms with Crippen molar-refractivity contribution >= 4 is 8.07 Å². The first-order valence-electron chi connectivity index (χ1n) is 9.12. The monoisotopic (exact) mass is 576 g/mol. The van der Waals surface area contributed by atoms with Crippen LogP contribution in [-0.4, -0.2) is 8.07 Å². The zero-order chi connectivity index (χ0) is 17.8. The van der Waals surface area contributed by atoms with Crippen LogP contribution in [0.5, 0.6) is 0 Å². The third kappa shape index (κ3) is 3.51. The Kier molecular flexibility index (Phi) is 10.4. The van der Waals surface area contributed by atoms with Crippen LogP contribution in [-0.2, 0) is 25.8 Å². The first-order chi connectivity index (χ1) is 10.5. The fourth-order valence-corrected chi connectivity index (χ4v) is 12.6. The molecule has 2 rings (SSSR count). The summed E-state index contributed by atoms with van der Waals surface area (Å²) >= 11 is 0. The summed E-state index contributed by atoms with van der Waals surface area (Å²) in [6, 6.07) is 2.54. The van der Waals surface area contributed by atoms with E-state index in [1.807, 2.05) is 0 Å². The molecule has 0 nitrogen and oxygen atoms in total. The Balaban J connectivity index is 0. The van der Waals surface area contributed by atoms with Crippen molar-refractivity contribution in [3.8, 4) is 0 Å². The molecule has 2 aliphatic rings. The van der Waals surface area contributed by atoms with Gasteiger partial charge in [0.05, 0.1) is 0 Å². The quantitative estimate of drug-likeness (QED) is 0.349. The summed E-state index contributed by atoms with van der Waals surface area (Å²) in [6.07, 6.45) is 7.91. The zero-order valence-corrected chi connectivity index (χ0v) is 24.3. The summed E-state index contributed by atoms with van der Waals surface area (Å²) in [5.74, 6) is 0. The molecule has 2 unspecified atom stereocenters. The Labute approximate surface area is 194 Å². The predicted octanol–water partition coefficient (Wildman–Crippen LogP) is 1.20. The summed E-state index contributed by atoms with van der Waals surface area (Å²) in [5, 5.41) is 0.219. The van der Waals surface area contributed by atoms with Crippen LogP contribution in [0.15, 0.2) is 33.4 Å². The maximum Gasteiger partial charge on any atom is 4.00 e. The van der Waals surface area contributed by atoms with Crippen LogP contribution >= 0.6 is 0 Å². The molecule has 0 radical (unpaired) electrons. The molecule has 0 aromatic carbocycles. The molecule has 0 saturated carbocycles. The minimum atomic E-state index is -1.80. The van der Waals surface area contributed by atoms with E-state index in [1.54, 1.807) is 11.1 Å². The van der Waals surface area contributed by atoms with Gasteiger partial charge in [0.15, 0.2) is 0 Å². The molecule has 2 atom stereocenters. The topological polar surface area (TPSA) is 0 Å². The number of halogens is 2. The van der Waals surface area contributed by atoms with Gasteiger partial charge in [-0.25, -0.2) is 11.1 Å². The Morgan fingerprint density at radius 1 is 0.692 bits per heavy atom. The summed E-state index contributed by atoms with van der Waals surface area (Å²) < 4.78 is 0. The van der Waals surface area contributed by atoms with Crippen LogP contribution < -0.4 is 24.8 Å². The Hall–Kier alpha value is 0.627. The van der Waals surface area contributed by atoms with Gasteiger partial charge in [0.25, 0.3) is 0 Å². The maximum absolute atomic E-state index is 3.96. The first kappa shape index (κ1) is 28.8. The third-order valence-corrected chi connectivity index (χ3v) is 15.0. The second-order valence-corrected chi connectivity index (χ2v) is 13.6. The van der Waals surface area contributed by atoms with Crippen molar-refractivity contribution in [3.63, 3.8) is 0 Å². The number of allylic oxidation sites excluding steroid dienone is 8. The molecule has 0 aliphatic heterocycles. The van der Waals surface area contributed by atoms with Gasteiger partial charge in [-0.15, -0.1) is 13.8 Å². The first-order valence-corrected chi connectivity index (χ1v) is 11.5.